The van der Waals surface area contributed by atoms with Gasteiger partial charge in [-0.3, -0.25) is 0 Å². The molecule has 0 atom stereocenters. The molecule has 2 rings (SSSR count). The lowest BCUT2D eigenvalue weighted by Crippen LogP contribution is -2.00. The van der Waals surface area contributed by atoms with Gasteiger partial charge < -0.3 is 11.1 Å². The normalized spacial score (nSPS) is 9.65. The van der Waals surface area contributed by atoms with Crippen molar-refractivity contribution in [1.82, 2.24) is 4.98 Å². The van der Waals surface area contributed by atoms with E-state index < -0.39 is 0 Å². The number of hydrogen-bond donors (Lipinski definition) is 2. The Balaban J connectivity index is 2.35. The number of pyridine rings is 1. The van der Waals surface area contributed by atoms with Gasteiger partial charge in [-0.05, 0) is 30.7 Å². The quantitative estimate of drug-likeness (QED) is 0.822. The number of nitrogen functional groups attached to an aromatic ring is 1. The molecule has 0 aliphatic rings. The number of anilines is 3. The largest absolute Gasteiger partial charge is 0.396 e. The number of hydrogen-bond acceptors (Lipinski definition) is 4. The van der Waals surface area contributed by atoms with Crippen molar-refractivity contribution in [1.29, 1.82) is 5.26 Å². The van der Waals surface area contributed by atoms with Gasteiger partial charge in [0, 0.05) is 6.20 Å². The van der Waals surface area contributed by atoms with Crippen LogP contribution in [0.4, 0.5) is 17.2 Å². The topological polar surface area (TPSA) is 74.7 Å². The molecule has 0 bridgehead atoms. The Morgan fingerprint density at radius 2 is 2.12 bits per heavy atom. The predicted octanol–water partition coefficient (Wildman–Crippen LogP) is 2.59. The lowest BCUT2D eigenvalue weighted by Gasteiger charge is -2.09. The van der Waals surface area contributed by atoms with Crippen LogP contribution in [0.15, 0.2) is 36.5 Å². The molecular formula is C13H12N4. The first-order valence-electron chi connectivity index (χ1n) is 5.19. The molecule has 1 aromatic heterocycles. The highest BCUT2D eigenvalue weighted by Crippen LogP contribution is 2.23. The van der Waals surface area contributed by atoms with E-state index in [-0.39, 0.29) is 0 Å². The highest BCUT2D eigenvalue weighted by atomic mass is 15.0. The molecule has 0 aliphatic heterocycles. The van der Waals surface area contributed by atoms with Gasteiger partial charge in [-0.2, -0.15) is 5.26 Å². The smallest absolute Gasteiger partial charge is 0.153 e. The van der Waals surface area contributed by atoms with E-state index in [4.69, 9.17) is 11.0 Å². The minimum Gasteiger partial charge on any atom is -0.396 e. The van der Waals surface area contributed by atoms with Gasteiger partial charge in [0.1, 0.15) is 6.07 Å². The van der Waals surface area contributed by atoms with Crippen molar-refractivity contribution >= 4 is 17.2 Å². The molecule has 0 saturated heterocycles. The molecule has 1 heterocycles. The number of rotatable bonds is 2. The molecule has 2 aromatic rings. The maximum Gasteiger partial charge on any atom is 0.153 e. The molecule has 4 nitrogen and oxygen atoms in total. The number of nitrogens with zero attached hydrogens (tertiary/aromatic N) is 2. The molecule has 17 heavy (non-hydrogen) atoms. The average Bonchev–Trinajstić information content (AvgIpc) is 2.33. The van der Waals surface area contributed by atoms with Crippen LogP contribution >= 0.6 is 0 Å². The lowest BCUT2D eigenvalue weighted by molar-refractivity contribution is 1.26. The fraction of sp³-hybridized carbons (Fsp3) is 0.0769. The second-order valence-corrected chi connectivity index (χ2v) is 3.73. The number of para-hydroxylation sites is 1. The highest BCUT2D eigenvalue weighted by Gasteiger charge is 2.04. The zero-order chi connectivity index (χ0) is 12.3. The van der Waals surface area contributed by atoms with Gasteiger partial charge >= 0.3 is 0 Å². The molecule has 0 aliphatic carbocycles. The van der Waals surface area contributed by atoms with Crippen molar-refractivity contribution in [3.63, 3.8) is 0 Å². The minimum atomic E-state index is 0.564. The van der Waals surface area contributed by atoms with Crippen LogP contribution in [0, 0.1) is 18.3 Å². The Kier molecular flexibility index (Phi) is 2.93. The Morgan fingerprint density at radius 3 is 2.82 bits per heavy atom. The highest BCUT2D eigenvalue weighted by molar-refractivity contribution is 5.72. The van der Waals surface area contributed by atoms with Gasteiger partial charge in [-0.15, -0.1) is 0 Å². The molecule has 0 fully saturated rings. The van der Waals surface area contributed by atoms with Gasteiger partial charge in [-0.1, -0.05) is 12.1 Å². The van der Waals surface area contributed by atoms with E-state index in [0.717, 1.165) is 5.56 Å². The third-order valence-corrected chi connectivity index (χ3v) is 2.35. The molecule has 0 radical (unpaired) electrons. The van der Waals surface area contributed by atoms with E-state index in [1.54, 1.807) is 12.3 Å². The molecule has 3 N–H and O–H groups in total. The van der Waals surface area contributed by atoms with Gasteiger partial charge in [0.15, 0.2) is 5.82 Å². The third kappa shape index (κ3) is 2.34. The molecule has 0 spiro atoms. The van der Waals surface area contributed by atoms with Crippen molar-refractivity contribution in [3.8, 4) is 6.07 Å². The molecule has 0 unspecified atom stereocenters. The fourth-order valence-electron chi connectivity index (χ4n) is 1.51. The Labute approximate surface area is 99.7 Å². The maximum atomic E-state index is 8.97. The van der Waals surface area contributed by atoms with Crippen molar-refractivity contribution < 1.29 is 0 Å². The zero-order valence-electron chi connectivity index (χ0n) is 9.44. The standard InChI is InChI=1S/C13H12N4/c1-9-6-11(15)13(16-8-9)17-12-5-3-2-4-10(12)7-14/h2-6,8H,15H2,1H3,(H,16,17). The van der Waals surface area contributed by atoms with E-state index in [0.29, 0.717) is 22.8 Å². The summed E-state index contributed by atoms with van der Waals surface area (Å²) in [5.74, 6) is 0.568. The molecule has 0 amide bonds. The average molecular weight is 224 g/mol. The summed E-state index contributed by atoms with van der Waals surface area (Å²) in [7, 11) is 0. The second-order valence-electron chi connectivity index (χ2n) is 3.73. The number of nitrogens with two attached hydrogens (primary N) is 1. The summed E-state index contributed by atoms with van der Waals surface area (Å²) in [5.41, 5.74) is 8.69. The zero-order valence-corrected chi connectivity index (χ0v) is 9.44. The number of nitriles is 1. The van der Waals surface area contributed by atoms with Crippen LogP contribution in [0.5, 0.6) is 0 Å². The number of benzene rings is 1. The predicted molar refractivity (Wildman–Crippen MR) is 67.8 cm³/mol. The monoisotopic (exact) mass is 224 g/mol. The van der Waals surface area contributed by atoms with Crippen LogP contribution in [-0.4, -0.2) is 4.98 Å². The van der Waals surface area contributed by atoms with Crippen LogP contribution in [0.2, 0.25) is 0 Å². The van der Waals surface area contributed by atoms with Gasteiger partial charge in [0.25, 0.3) is 0 Å². The maximum absolute atomic E-state index is 8.97. The third-order valence-electron chi connectivity index (χ3n) is 2.35. The van der Waals surface area contributed by atoms with Crippen molar-refractivity contribution in [2.75, 3.05) is 11.1 Å². The van der Waals surface area contributed by atoms with Gasteiger partial charge in [0.2, 0.25) is 0 Å². The number of aromatic nitrogens is 1. The summed E-state index contributed by atoms with van der Waals surface area (Å²) in [5, 5.41) is 12.0. The molecule has 1 aromatic carbocycles. The molecule has 4 heteroatoms. The van der Waals surface area contributed by atoms with E-state index in [1.807, 2.05) is 31.2 Å². The first-order valence-corrected chi connectivity index (χ1v) is 5.19. The Hall–Kier alpha value is -2.54. The first-order chi connectivity index (χ1) is 8.20. The van der Waals surface area contributed by atoms with E-state index >= 15 is 0 Å². The van der Waals surface area contributed by atoms with E-state index in [9.17, 15) is 0 Å². The summed E-state index contributed by atoms with van der Waals surface area (Å²) >= 11 is 0. The minimum absolute atomic E-state index is 0.564. The second kappa shape index (κ2) is 4.54. The summed E-state index contributed by atoms with van der Waals surface area (Å²) in [6, 6.07) is 11.2. The molecule has 84 valence electrons. The van der Waals surface area contributed by atoms with Crippen LogP contribution < -0.4 is 11.1 Å². The van der Waals surface area contributed by atoms with E-state index in [1.165, 1.54) is 0 Å². The summed E-state index contributed by atoms with van der Waals surface area (Å²) < 4.78 is 0. The Bertz CT molecular complexity index is 584. The van der Waals surface area contributed by atoms with Crippen molar-refractivity contribution in [3.05, 3.63) is 47.7 Å². The van der Waals surface area contributed by atoms with Crippen molar-refractivity contribution in [2.24, 2.45) is 0 Å². The van der Waals surface area contributed by atoms with Crippen LogP contribution in [-0.2, 0) is 0 Å². The van der Waals surface area contributed by atoms with Crippen LogP contribution in [0.3, 0.4) is 0 Å². The summed E-state index contributed by atoms with van der Waals surface area (Å²) in [6.07, 6.45) is 1.73. The SMILES string of the molecule is Cc1cnc(Nc2ccccc2C#N)c(N)c1. The number of aryl methyl sites for hydroxylation is 1. The van der Waals surface area contributed by atoms with Crippen LogP contribution in [0.1, 0.15) is 11.1 Å². The van der Waals surface area contributed by atoms with Crippen LogP contribution in [0.25, 0.3) is 0 Å². The van der Waals surface area contributed by atoms with Crippen molar-refractivity contribution in [2.45, 2.75) is 6.92 Å². The van der Waals surface area contributed by atoms with Gasteiger partial charge in [0.05, 0.1) is 16.9 Å². The summed E-state index contributed by atoms with van der Waals surface area (Å²) in [4.78, 5) is 4.20. The van der Waals surface area contributed by atoms with Gasteiger partial charge in [-0.25, -0.2) is 4.98 Å². The first kappa shape index (κ1) is 11.0. The lowest BCUT2D eigenvalue weighted by atomic mass is 10.2. The number of nitrogens with one attached hydrogen (secondary N) is 1. The Morgan fingerprint density at radius 1 is 1.35 bits per heavy atom. The fourth-order valence-corrected chi connectivity index (χ4v) is 1.51. The molecular weight excluding hydrogens is 212 g/mol. The van der Waals surface area contributed by atoms with E-state index in [2.05, 4.69) is 16.4 Å². The molecule has 0 saturated carbocycles. The summed E-state index contributed by atoms with van der Waals surface area (Å²) in [6.45, 7) is 1.93.